The van der Waals surface area contributed by atoms with Gasteiger partial charge in [-0.15, -0.1) is 9.94 Å². The van der Waals surface area contributed by atoms with E-state index in [2.05, 4.69) is 10.4 Å². The summed E-state index contributed by atoms with van der Waals surface area (Å²) >= 11 is 0. The Balaban J connectivity index is 1.58. The van der Waals surface area contributed by atoms with E-state index < -0.39 is 0 Å². The number of nitrogens with zero attached hydrogens (tertiary/aromatic N) is 2. The summed E-state index contributed by atoms with van der Waals surface area (Å²) in [7, 11) is 0. The molecule has 0 radical (unpaired) electrons. The molecule has 4 nitrogen and oxygen atoms in total. The number of benzene rings is 1. The standard InChI is InChI=1S/C15H18FN3O/c16-13-6-4-12(5-7-13)11-20-19-10-8-15(18-19)14-3-1-2-9-17-14/h4-8,10,14,17H,1-3,9,11H2. The fraction of sp³-hybridized carbons (Fsp3) is 0.400. The first-order valence-electron chi connectivity index (χ1n) is 6.98. The molecule has 3 rings (SSSR count). The molecule has 1 aromatic carbocycles. The van der Waals surface area contributed by atoms with Gasteiger partial charge >= 0.3 is 0 Å². The molecule has 1 atom stereocenters. The maximum absolute atomic E-state index is 12.8. The van der Waals surface area contributed by atoms with Crippen LogP contribution in [0.5, 0.6) is 0 Å². The largest absolute Gasteiger partial charge is 0.392 e. The Labute approximate surface area is 117 Å². The number of nitrogens with one attached hydrogen (secondary N) is 1. The van der Waals surface area contributed by atoms with Crippen LogP contribution >= 0.6 is 0 Å². The van der Waals surface area contributed by atoms with Crippen molar-refractivity contribution >= 4 is 0 Å². The Kier molecular flexibility index (Phi) is 3.97. The van der Waals surface area contributed by atoms with E-state index in [0.29, 0.717) is 12.6 Å². The number of aromatic nitrogens is 2. The minimum absolute atomic E-state index is 0.238. The SMILES string of the molecule is Fc1ccc(COn2ccc(C3CCCCN3)n2)cc1. The van der Waals surface area contributed by atoms with Crippen LogP contribution < -0.4 is 10.2 Å². The van der Waals surface area contributed by atoms with Crippen molar-refractivity contribution in [3.63, 3.8) is 0 Å². The van der Waals surface area contributed by atoms with Crippen LogP contribution in [0, 0.1) is 5.82 Å². The maximum Gasteiger partial charge on any atom is 0.142 e. The second-order valence-corrected chi connectivity index (χ2v) is 5.05. The van der Waals surface area contributed by atoms with Crippen molar-refractivity contribution in [2.45, 2.75) is 31.9 Å². The van der Waals surface area contributed by atoms with Crippen LogP contribution in [0.25, 0.3) is 0 Å². The summed E-state index contributed by atoms with van der Waals surface area (Å²) < 4.78 is 12.8. The Hall–Kier alpha value is -1.88. The van der Waals surface area contributed by atoms with E-state index in [4.69, 9.17) is 4.84 Å². The van der Waals surface area contributed by atoms with Gasteiger partial charge in [-0.1, -0.05) is 18.6 Å². The third-order valence-corrected chi connectivity index (χ3v) is 3.53. The van der Waals surface area contributed by atoms with Crippen LogP contribution in [0.2, 0.25) is 0 Å². The van der Waals surface area contributed by atoms with Crippen molar-refractivity contribution in [1.82, 2.24) is 15.3 Å². The molecule has 1 aromatic heterocycles. The van der Waals surface area contributed by atoms with Crippen LogP contribution in [0.4, 0.5) is 4.39 Å². The van der Waals surface area contributed by atoms with Gasteiger partial charge < -0.3 is 10.2 Å². The number of halogens is 1. The van der Waals surface area contributed by atoms with Crippen LogP contribution in [-0.2, 0) is 6.61 Å². The molecule has 0 amide bonds. The number of rotatable bonds is 4. The Bertz CT molecular complexity index is 547. The minimum Gasteiger partial charge on any atom is -0.392 e. The molecule has 0 bridgehead atoms. The van der Waals surface area contributed by atoms with E-state index in [1.165, 1.54) is 29.8 Å². The summed E-state index contributed by atoms with van der Waals surface area (Å²) in [5.74, 6) is -0.238. The average molecular weight is 275 g/mol. The number of hydrogen-bond acceptors (Lipinski definition) is 3. The van der Waals surface area contributed by atoms with Gasteiger partial charge in [0.1, 0.15) is 12.4 Å². The number of piperidine rings is 1. The van der Waals surface area contributed by atoms with Crippen molar-refractivity contribution in [3.05, 3.63) is 53.6 Å². The molecule has 1 aliphatic rings. The van der Waals surface area contributed by atoms with E-state index in [1.807, 2.05) is 12.3 Å². The van der Waals surface area contributed by atoms with E-state index in [-0.39, 0.29) is 5.82 Å². The Morgan fingerprint density at radius 1 is 1.25 bits per heavy atom. The van der Waals surface area contributed by atoms with E-state index >= 15 is 0 Å². The van der Waals surface area contributed by atoms with Crippen molar-refractivity contribution in [3.8, 4) is 0 Å². The van der Waals surface area contributed by atoms with Gasteiger partial charge in [0.2, 0.25) is 0 Å². The van der Waals surface area contributed by atoms with Gasteiger partial charge in [0.05, 0.1) is 17.9 Å². The monoisotopic (exact) mass is 275 g/mol. The first kappa shape index (κ1) is 13.1. The van der Waals surface area contributed by atoms with Gasteiger partial charge in [-0.05, 0) is 43.1 Å². The lowest BCUT2D eigenvalue weighted by Gasteiger charge is -2.21. The highest BCUT2D eigenvalue weighted by Crippen LogP contribution is 2.20. The van der Waals surface area contributed by atoms with E-state index in [1.54, 1.807) is 12.1 Å². The molecule has 20 heavy (non-hydrogen) atoms. The first-order chi connectivity index (χ1) is 9.81. The van der Waals surface area contributed by atoms with E-state index in [0.717, 1.165) is 24.2 Å². The van der Waals surface area contributed by atoms with Crippen LogP contribution in [-0.4, -0.2) is 16.5 Å². The Morgan fingerprint density at radius 2 is 2.10 bits per heavy atom. The zero-order valence-electron chi connectivity index (χ0n) is 11.3. The quantitative estimate of drug-likeness (QED) is 0.931. The highest BCUT2D eigenvalue weighted by molar-refractivity contribution is 5.15. The zero-order valence-corrected chi connectivity index (χ0v) is 11.3. The summed E-state index contributed by atoms with van der Waals surface area (Å²) in [6.45, 7) is 1.42. The molecule has 2 aromatic rings. The Morgan fingerprint density at radius 3 is 2.85 bits per heavy atom. The molecule has 1 N–H and O–H groups in total. The topological polar surface area (TPSA) is 39.1 Å². The van der Waals surface area contributed by atoms with Crippen LogP contribution in [0.3, 0.4) is 0 Å². The predicted octanol–water partition coefficient (Wildman–Crippen LogP) is 2.47. The van der Waals surface area contributed by atoms with Crippen molar-refractivity contribution in [2.75, 3.05) is 6.54 Å². The molecule has 0 aliphatic carbocycles. The molecule has 0 saturated carbocycles. The molecule has 1 fully saturated rings. The van der Waals surface area contributed by atoms with Crippen LogP contribution in [0.1, 0.15) is 36.6 Å². The fourth-order valence-corrected chi connectivity index (χ4v) is 2.40. The molecular weight excluding hydrogens is 257 g/mol. The fourth-order valence-electron chi connectivity index (χ4n) is 2.40. The number of hydrogen-bond donors (Lipinski definition) is 1. The summed E-state index contributed by atoms with van der Waals surface area (Å²) in [4.78, 5) is 7.04. The lowest BCUT2D eigenvalue weighted by molar-refractivity contribution is 0.0685. The van der Waals surface area contributed by atoms with Crippen molar-refractivity contribution in [1.29, 1.82) is 0 Å². The lowest BCUT2D eigenvalue weighted by atomic mass is 10.0. The highest BCUT2D eigenvalue weighted by atomic mass is 19.1. The predicted molar refractivity (Wildman–Crippen MR) is 73.5 cm³/mol. The first-order valence-corrected chi connectivity index (χ1v) is 6.98. The molecule has 5 heteroatoms. The highest BCUT2D eigenvalue weighted by Gasteiger charge is 2.17. The van der Waals surface area contributed by atoms with Gasteiger partial charge in [0.25, 0.3) is 0 Å². The summed E-state index contributed by atoms with van der Waals surface area (Å²) in [6, 6.07) is 8.59. The smallest absolute Gasteiger partial charge is 0.142 e. The van der Waals surface area contributed by atoms with Crippen LogP contribution in [0.15, 0.2) is 36.5 Å². The molecule has 1 unspecified atom stereocenters. The molecule has 1 saturated heterocycles. The van der Waals surface area contributed by atoms with Gasteiger partial charge in [-0.25, -0.2) is 4.39 Å². The van der Waals surface area contributed by atoms with E-state index in [9.17, 15) is 4.39 Å². The van der Waals surface area contributed by atoms with Crippen molar-refractivity contribution < 1.29 is 9.23 Å². The maximum atomic E-state index is 12.8. The molecule has 2 heterocycles. The second kappa shape index (κ2) is 6.05. The zero-order chi connectivity index (χ0) is 13.8. The minimum atomic E-state index is -0.238. The molecule has 1 aliphatic heterocycles. The third-order valence-electron chi connectivity index (χ3n) is 3.53. The average Bonchev–Trinajstić information content (AvgIpc) is 2.97. The summed E-state index contributed by atoms with van der Waals surface area (Å²) in [5, 5.41) is 7.88. The molecular formula is C15H18FN3O. The molecule has 0 spiro atoms. The summed E-state index contributed by atoms with van der Waals surface area (Å²) in [5.41, 5.74) is 1.93. The summed E-state index contributed by atoms with van der Waals surface area (Å²) in [6.07, 6.45) is 5.41. The van der Waals surface area contributed by atoms with Gasteiger partial charge in [-0.2, -0.15) is 0 Å². The van der Waals surface area contributed by atoms with Gasteiger partial charge in [0, 0.05) is 0 Å². The van der Waals surface area contributed by atoms with Crippen molar-refractivity contribution in [2.24, 2.45) is 0 Å². The van der Waals surface area contributed by atoms with Gasteiger partial charge in [-0.3, -0.25) is 0 Å². The lowest BCUT2D eigenvalue weighted by Crippen LogP contribution is -2.27. The van der Waals surface area contributed by atoms with Gasteiger partial charge in [0.15, 0.2) is 0 Å². The normalized spacial score (nSPS) is 18.9. The molecule has 106 valence electrons. The third kappa shape index (κ3) is 3.17. The second-order valence-electron chi connectivity index (χ2n) is 5.05.